The topological polar surface area (TPSA) is 146 Å². The van der Waals surface area contributed by atoms with E-state index in [2.05, 4.69) is 19.9 Å². The number of hydroxylamine groups is 1. The summed E-state index contributed by atoms with van der Waals surface area (Å²) in [5, 5.41) is 16.7. The number of thioether (sulfide) groups is 1. The Morgan fingerprint density at radius 2 is 2.04 bits per heavy atom. The summed E-state index contributed by atoms with van der Waals surface area (Å²) >= 11 is 1.49. The third-order valence-electron chi connectivity index (χ3n) is 4.24. The third-order valence-corrected chi connectivity index (χ3v) is 5.58. The van der Waals surface area contributed by atoms with Gasteiger partial charge in [-0.2, -0.15) is 0 Å². The van der Waals surface area contributed by atoms with Crippen LogP contribution in [0.1, 0.15) is 5.69 Å². The van der Waals surface area contributed by atoms with Gasteiger partial charge < -0.3 is 15.4 Å². The fourth-order valence-corrected chi connectivity index (χ4v) is 4.15. The van der Waals surface area contributed by atoms with Crippen molar-refractivity contribution in [1.29, 1.82) is 5.41 Å². The van der Waals surface area contributed by atoms with Crippen LogP contribution in [0, 0.1) is 5.41 Å². The lowest BCUT2D eigenvalue weighted by molar-refractivity contribution is 0.122. The van der Waals surface area contributed by atoms with E-state index in [-0.39, 0.29) is 17.0 Å². The summed E-state index contributed by atoms with van der Waals surface area (Å²) in [5.74, 6) is 1.60. The van der Waals surface area contributed by atoms with E-state index in [0.717, 1.165) is 29.5 Å². The summed E-state index contributed by atoms with van der Waals surface area (Å²) in [4.78, 5) is 20.6. The van der Waals surface area contributed by atoms with Gasteiger partial charge in [0.05, 0.1) is 34.6 Å². The Kier molecular flexibility index (Phi) is 4.57. The molecule has 0 aliphatic carbocycles. The molecule has 2 aliphatic rings. The SMILES string of the molecule is N=C(NO)C1Cc2nc(-c3cnc(N)nc3)nc(N3CCOCC3)c2S1. The lowest BCUT2D eigenvalue weighted by Crippen LogP contribution is -2.37. The van der Waals surface area contributed by atoms with Crippen molar-refractivity contribution in [3.63, 3.8) is 0 Å². The van der Waals surface area contributed by atoms with Crippen molar-refractivity contribution in [2.75, 3.05) is 36.9 Å². The van der Waals surface area contributed by atoms with Gasteiger partial charge in [0, 0.05) is 31.9 Å². The molecule has 2 aliphatic heterocycles. The molecule has 0 bridgehead atoms. The summed E-state index contributed by atoms with van der Waals surface area (Å²) in [6.07, 6.45) is 3.74. The molecule has 4 heterocycles. The molecule has 0 spiro atoms. The largest absolute Gasteiger partial charge is 0.378 e. The second kappa shape index (κ2) is 7.02. The van der Waals surface area contributed by atoms with E-state index in [9.17, 15) is 0 Å². The minimum absolute atomic E-state index is 0.0540. The first kappa shape index (κ1) is 16.9. The van der Waals surface area contributed by atoms with E-state index < -0.39 is 0 Å². The molecule has 1 saturated heterocycles. The molecule has 2 aromatic heterocycles. The predicted octanol–water partition coefficient (Wildman–Crippen LogP) is 0.325. The van der Waals surface area contributed by atoms with E-state index in [0.29, 0.717) is 31.0 Å². The van der Waals surface area contributed by atoms with Crippen LogP contribution < -0.4 is 16.1 Å². The Morgan fingerprint density at radius 1 is 1.31 bits per heavy atom. The number of nitrogen functional groups attached to an aromatic ring is 1. The monoisotopic (exact) mass is 374 g/mol. The molecule has 0 aromatic carbocycles. The third kappa shape index (κ3) is 3.16. The predicted molar refractivity (Wildman–Crippen MR) is 96.5 cm³/mol. The summed E-state index contributed by atoms with van der Waals surface area (Å²) in [6.45, 7) is 2.76. The number of rotatable bonds is 3. The first-order chi connectivity index (χ1) is 12.7. The highest BCUT2D eigenvalue weighted by Gasteiger charge is 2.33. The van der Waals surface area contributed by atoms with Crippen LogP contribution in [0.3, 0.4) is 0 Å². The molecule has 1 atom stereocenters. The Bertz CT molecular complexity index is 825. The molecule has 136 valence electrons. The lowest BCUT2D eigenvalue weighted by atomic mass is 10.2. The van der Waals surface area contributed by atoms with Gasteiger partial charge in [0.25, 0.3) is 0 Å². The maximum Gasteiger partial charge on any atom is 0.219 e. The zero-order valence-electron chi connectivity index (χ0n) is 13.8. The van der Waals surface area contributed by atoms with Crippen molar-refractivity contribution in [2.45, 2.75) is 16.6 Å². The van der Waals surface area contributed by atoms with Crippen LogP contribution in [0.25, 0.3) is 11.4 Å². The number of amidine groups is 1. The van der Waals surface area contributed by atoms with Crippen molar-refractivity contribution in [1.82, 2.24) is 25.4 Å². The molecule has 4 rings (SSSR count). The molecule has 2 aromatic rings. The summed E-state index contributed by atoms with van der Waals surface area (Å²) in [7, 11) is 0. The van der Waals surface area contributed by atoms with Gasteiger partial charge in [-0.25, -0.2) is 19.9 Å². The molecule has 1 fully saturated rings. The van der Waals surface area contributed by atoms with E-state index in [1.165, 1.54) is 11.8 Å². The van der Waals surface area contributed by atoms with Gasteiger partial charge in [-0.1, -0.05) is 0 Å². The number of aromatic nitrogens is 4. The van der Waals surface area contributed by atoms with Gasteiger partial charge >= 0.3 is 0 Å². The number of hydrogen-bond acceptors (Lipinski definition) is 10. The van der Waals surface area contributed by atoms with Gasteiger partial charge in [0.2, 0.25) is 5.95 Å². The van der Waals surface area contributed by atoms with Crippen molar-refractivity contribution in [2.24, 2.45) is 0 Å². The maximum absolute atomic E-state index is 9.07. The second-order valence-electron chi connectivity index (χ2n) is 5.91. The molecule has 0 amide bonds. The Labute approximate surface area is 153 Å². The lowest BCUT2D eigenvalue weighted by Gasteiger charge is -2.29. The number of fused-ring (bicyclic) bond motifs is 1. The van der Waals surface area contributed by atoms with Gasteiger partial charge in [-0.15, -0.1) is 11.8 Å². The van der Waals surface area contributed by atoms with Crippen molar-refractivity contribution in [3.8, 4) is 11.4 Å². The van der Waals surface area contributed by atoms with Crippen LogP contribution in [-0.4, -0.2) is 62.5 Å². The molecule has 5 N–H and O–H groups in total. The van der Waals surface area contributed by atoms with Gasteiger partial charge in [0.15, 0.2) is 5.82 Å². The van der Waals surface area contributed by atoms with E-state index in [4.69, 9.17) is 26.1 Å². The molecular formula is C15H18N8O2S. The van der Waals surface area contributed by atoms with Gasteiger partial charge in [-0.3, -0.25) is 16.1 Å². The minimum atomic E-state index is -0.220. The molecule has 11 heteroatoms. The van der Waals surface area contributed by atoms with E-state index >= 15 is 0 Å². The number of nitrogens with one attached hydrogen (secondary N) is 2. The van der Waals surface area contributed by atoms with E-state index in [1.807, 2.05) is 5.48 Å². The second-order valence-corrected chi connectivity index (χ2v) is 7.13. The first-order valence-corrected chi connectivity index (χ1v) is 9.00. The van der Waals surface area contributed by atoms with Gasteiger partial charge in [-0.05, 0) is 0 Å². The Morgan fingerprint density at radius 3 is 2.73 bits per heavy atom. The molecule has 26 heavy (non-hydrogen) atoms. The van der Waals surface area contributed by atoms with Crippen LogP contribution in [-0.2, 0) is 11.2 Å². The average Bonchev–Trinajstić information content (AvgIpc) is 3.12. The number of anilines is 2. The quantitative estimate of drug-likeness (QED) is 0.336. The fraction of sp³-hybridized carbons (Fsp3) is 0.400. The maximum atomic E-state index is 9.07. The molecule has 0 saturated carbocycles. The van der Waals surface area contributed by atoms with Crippen molar-refractivity contribution < 1.29 is 9.94 Å². The Hall–Kier alpha value is -2.50. The fourth-order valence-electron chi connectivity index (χ4n) is 2.91. The van der Waals surface area contributed by atoms with Crippen LogP contribution in [0.15, 0.2) is 17.3 Å². The van der Waals surface area contributed by atoms with E-state index in [1.54, 1.807) is 12.4 Å². The smallest absolute Gasteiger partial charge is 0.219 e. The van der Waals surface area contributed by atoms with Crippen molar-refractivity contribution in [3.05, 3.63) is 18.1 Å². The number of hydrogen-bond donors (Lipinski definition) is 4. The van der Waals surface area contributed by atoms with Gasteiger partial charge in [0.1, 0.15) is 11.7 Å². The highest BCUT2D eigenvalue weighted by Crippen LogP contribution is 2.42. The summed E-state index contributed by atoms with van der Waals surface area (Å²) < 4.78 is 5.44. The first-order valence-electron chi connectivity index (χ1n) is 8.12. The number of morpholine rings is 1. The van der Waals surface area contributed by atoms with Crippen LogP contribution >= 0.6 is 11.8 Å². The van der Waals surface area contributed by atoms with Crippen LogP contribution in [0.5, 0.6) is 0 Å². The van der Waals surface area contributed by atoms with Crippen LogP contribution in [0.4, 0.5) is 11.8 Å². The molecular weight excluding hydrogens is 356 g/mol. The number of nitrogens with two attached hydrogens (primary N) is 1. The average molecular weight is 374 g/mol. The molecule has 1 unspecified atom stereocenters. The Balaban J connectivity index is 1.76. The minimum Gasteiger partial charge on any atom is -0.378 e. The zero-order chi connectivity index (χ0) is 18.1. The highest BCUT2D eigenvalue weighted by molar-refractivity contribution is 8.01. The highest BCUT2D eigenvalue weighted by atomic mass is 32.2. The zero-order valence-corrected chi connectivity index (χ0v) is 14.7. The summed E-state index contributed by atoms with van der Waals surface area (Å²) in [6, 6.07) is 0. The molecule has 0 radical (unpaired) electrons. The summed E-state index contributed by atoms with van der Waals surface area (Å²) in [5.41, 5.74) is 9.04. The normalized spacial score (nSPS) is 19.3. The molecule has 10 nitrogen and oxygen atoms in total. The number of ether oxygens (including phenoxy) is 1. The van der Waals surface area contributed by atoms with Crippen LogP contribution in [0.2, 0.25) is 0 Å². The van der Waals surface area contributed by atoms with Crippen molar-refractivity contribution >= 4 is 29.4 Å². The standard InChI is InChI=1S/C15H18N8O2S/c16-12(22-24)10-5-9-11(26-10)14(23-1-3-25-4-2-23)21-13(20-9)8-6-18-15(17)19-7-8/h6-7,10,24H,1-5H2,(H2,16,22)(H2,17,18,19). The number of nitrogens with zero attached hydrogens (tertiary/aromatic N) is 5.